The molecule has 0 fully saturated rings. The summed E-state index contributed by atoms with van der Waals surface area (Å²) in [5.74, 6) is 0. The first-order valence-electron chi connectivity index (χ1n) is 2.17. The third-order valence-corrected chi connectivity index (χ3v) is 3.12. The predicted octanol–water partition coefficient (Wildman–Crippen LogP) is -0.429. The summed E-state index contributed by atoms with van der Waals surface area (Å²) in [6.07, 6.45) is 0. The number of nitrogens with two attached hydrogens (primary N) is 1. The van der Waals surface area contributed by atoms with Crippen molar-refractivity contribution in [3.8, 4) is 0 Å². The number of hydrogen-bond acceptors (Lipinski definition) is 3. The third-order valence-electron chi connectivity index (χ3n) is 0.775. The van der Waals surface area contributed by atoms with Crippen LogP contribution in [0.15, 0.2) is 21.7 Å². The van der Waals surface area contributed by atoms with Crippen LogP contribution in [-0.4, -0.2) is 13.9 Å². The second kappa shape index (κ2) is 3.11. The van der Waals surface area contributed by atoms with Gasteiger partial charge in [0.15, 0.2) is 0 Å². The zero-order valence-electron chi connectivity index (χ0n) is 4.94. The van der Waals surface area contributed by atoms with Gasteiger partial charge in [-0.1, -0.05) is 6.07 Å². The fraction of sp³-hybridized carbons (Fsp3) is 0. The molecule has 0 aliphatic rings. The summed E-state index contributed by atoms with van der Waals surface area (Å²) >= 11 is 1.12. The zero-order chi connectivity index (χ0) is 6.91. The van der Waals surface area contributed by atoms with Crippen LogP contribution in [0.3, 0.4) is 0 Å². The molecule has 0 atom stereocenters. The summed E-state index contributed by atoms with van der Waals surface area (Å²) in [7, 11) is -3.44. The van der Waals surface area contributed by atoms with E-state index in [9.17, 15) is 8.42 Å². The van der Waals surface area contributed by atoms with Gasteiger partial charge in [0, 0.05) is 0 Å². The maximum absolute atomic E-state index is 10.5. The van der Waals surface area contributed by atoms with Crippen LogP contribution >= 0.6 is 11.3 Å². The quantitative estimate of drug-likeness (QED) is 0.636. The molecule has 1 aromatic heterocycles. The largest absolute Gasteiger partial charge is 0.412 e. The Morgan fingerprint density at radius 1 is 1.50 bits per heavy atom. The van der Waals surface area contributed by atoms with Crippen molar-refractivity contribution < 1.29 is 13.9 Å². The molecule has 0 spiro atoms. The Balaban J connectivity index is 0.000000810. The van der Waals surface area contributed by atoms with Crippen LogP contribution in [0.25, 0.3) is 0 Å². The van der Waals surface area contributed by atoms with E-state index >= 15 is 0 Å². The molecule has 0 radical (unpaired) electrons. The van der Waals surface area contributed by atoms with Crippen molar-refractivity contribution in [2.24, 2.45) is 5.14 Å². The molecular formula is C4H7NO3S2. The first-order valence-corrected chi connectivity index (χ1v) is 4.59. The maximum atomic E-state index is 10.5. The Labute approximate surface area is 62.7 Å². The van der Waals surface area contributed by atoms with Crippen LogP contribution in [0.1, 0.15) is 0 Å². The van der Waals surface area contributed by atoms with Gasteiger partial charge in [-0.25, -0.2) is 13.6 Å². The lowest BCUT2D eigenvalue weighted by Gasteiger charge is -1.86. The van der Waals surface area contributed by atoms with Crippen molar-refractivity contribution in [1.82, 2.24) is 0 Å². The highest BCUT2D eigenvalue weighted by Crippen LogP contribution is 2.12. The van der Waals surface area contributed by atoms with Crippen LogP contribution in [0.4, 0.5) is 0 Å². The van der Waals surface area contributed by atoms with Gasteiger partial charge in [0.1, 0.15) is 4.21 Å². The van der Waals surface area contributed by atoms with Gasteiger partial charge in [-0.15, -0.1) is 11.3 Å². The molecule has 1 heterocycles. The van der Waals surface area contributed by atoms with Crippen LogP contribution in [0, 0.1) is 0 Å². The second-order valence-electron chi connectivity index (χ2n) is 1.48. The molecule has 10 heavy (non-hydrogen) atoms. The van der Waals surface area contributed by atoms with Gasteiger partial charge >= 0.3 is 0 Å². The molecule has 0 aliphatic heterocycles. The standard InChI is InChI=1S/C4H5NO2S2.H2O/c5-9(6,7)4-2-1-3-8-4;/h1-3H,(H2,5,6,7);1H2. The molecule has 0 aromatic carbocycles. The summed E-state index contributed by atoms with van der Waals surface area (Å²) in [6.45, 7) is 0. The van der Waals surface area contributed by atoms with E-state index in [-0.39, 0.29) is 9.69 Å². The fourth-order valence-electron chi connectivity index (χ4n) is 0.425. The number of sulfonamides is 1. The van der Waals surface area contributed by atoms with E-state index in [1.165, 1.54) is 6.07 Å². The molecule has 1 rings (SSSR count). The Hall–Kier alpha value is -0.430. The van der Waals surface area contributed by atoms with E-state index in [0.29, 0.717) is 0 Å². The second-order valence-corrected chi connectivity index (χ2v) is 4.21. The van der Waals surface area contributed by atoms with Gasteiger partial charge in [0.2, 0.25) is 10.0 Å². The van der Waals surface area contributed by atoms with Gasteiger partial charge in [0.25, 0.3) is 0 Å². The highest BCUT2D eigenvalue weighted by molar-refractivity contribution is 7.91. The molecule has 0 unspecified atom stereocenters. The van der Waals surface area contributed by atoms with Crippen molar-refractivity contribution in [1.29, 1.82) is 0 Å². The lowest BCUT2D eigenvalue weighted by Crippen LogP contribution is -2.09. The minimum Gasteiger partial charge on any atom is -0.412 e. The average molecular weight is 181 g/mol. The normalized spacial score (nSPS) is 10.5. The summed E-state index contributed by atoms with van der Waals surface area (Å²) in [6, 6.07) is 3.12. The van der Waals surface area contributed by atoms with Crippen LogP contribution in [0.2, 0.25) is 0 Å². The smallest absolute Gasteiger partial charge is 0.247 e. The number of primary sulfonamides is 1. The van der Waals surface area contributed by atoms with E-state index in [1.807, 2.05) is 0 Å². The Morgan fingerprint density at radius 2 is 2.10 bits per heavy atom. The highest BCUT2D eigenvalue weighted by atomic mass is 32.2. The first kappa shape index (κ1) is 9.57. The molecule has 58 valence electrons. The average Bonchev–Trinajstić information content (AvgIpc) is 2.08. The molecule has 0 aliphatic carbocycles. The Bertz CT molecular complexity index is 275. The molecule has 6 heteroatoms. The molecule has 1 aromatic rings. The minimum atomic E-state index is -3.44. The Morgan fingerprint density at radius 3 is 2.30 bits per heavy atom. The van der Waals surface area contributed by atoms with E-state index in [2.05, 4.69) is 0 Å². The van der Waals surface area contributed by atoms with Gasteiger partial charge in [-0.05, 0) is 11.4 Å². The molecule has 0 saturated heterocycles. The zero-order valence-corrected chi connectivity index (χ0v) is 6.58. The van der Waals surface area contributed by atoms with E-state index in [1.54, 1.807) is 11.4 Å². The summed E-state index contributed by atoms with van der Waals surface area (Å²) in [5, 5.41) is 6.45. The topological polar surface area (TPSA) is 91.7 Å². The lowest BCUT2D eigenvalue weighted by molar-refractivity contribution is 0.600. The molecule has 4 N–H and O–H groups in total. The number of hydrogen-bond donors (Lipinski definition) is 1. The Kier molecular flexibility index (Phi) is 2.97. The van der Waals surface area contributed by atoms with Crippen molar-refractivity contribution in [3.63, 3.8) is 0 Å². The maximum Gasteiger partial charge on any atom is 0.247 e. The predicted molar refractivity (Wildman–Crippen MR) is 39.3 cm³/mol. The number of rotatable bonds is 1. The third kappa shape index (κ3) is 2.07. The fourth-order valence-corrected chi connectivity index (χ4v) is 1.85. The van der Waals surface area contributed by atoms with Crippen LogP contribution in [0.5, 0.6) is 0 Å². The molecule has 0 bridgehead atoms. The van der Waals surface area contributed by atoms with Crippen molar-refractivity contribution in [2.75, 3.05) is 0 Å². The van der Waals surface area contributed by atoms with Crippen molar-refractivity contribution >= 4 is 21.4 Å². The highest BCUT2D eigenvalue weighted by Gasteiger charge is 2.05. The molecular weight excluding hydrogens is 174 g/mol. The van der Waals surface area contributed by atoms with Crippen LogP contribution in [-0.2, 0) is 10.0 Å². The van der Waals surface area contributed by atoms with Gasteiger partial charge in [-0.2, -0.15) is 0 Å². The lowest BCUT2D eigenvalue weighted by atomic mass is 10.7. The SMILES string of the molecule is NS(=O)(=O)c1cccs1.O. The molecule has 0 amide bonds. The van der Waals surface area contributed by atoms with E-state index in [4.69, 9.17) is 5.14 Å². The summed E-state index contributed by atoms with van der Waals surface area (Å²) in [5.41, 5.74) is 0. The monoisotopic (exact) mass is 181 g/mol. The van der Waals surface area contributed by atoms with Gasteiger partial charge < -0.3 is 5.48 Å². The summed E-state index contributed by atoms with van der Waals surface area (Å²) in [4.78, 5) is 0. The van der Waals surface area contributed by atoms with E-state index in [0.717, 1.165) is 11.3 Å². The first-order chi connectivity index (χ1) is 4.11. The van der Waals surface area contributed by atoms with Gasteiger partial charge in [0.05, 0.1) is 0 Å². The van der Waals surface area contributed by atoms with Crippen molar-refractivity contribution in [3.05, 3.63) is 17.5 Å². The summed E-state index contributed by atoms with van der Waals surface area (Å²) < 4.78 is 21.2. The molecule has 4 nitrogen and oxygen atoms in total. The van der Waals surface area contributed by atoms with Crippen molar-refractivity contribution in [2.45, 2.75) is 4.21 Å². The van der Waals surface area contributed by atoms with Crippen LogP contribution < -0.4 is 5.14 Å². The number of thiophene rings is 1. The molecule has 0 saturated carbocycles. The minimum absolute atomic E-state index is 0. The van der Waals surface area contributed by atoms with Gasteiger partial charge in [-0.3, -0.25) is 0 Å². The van der Waals surface area contributed by atoms with E-state index < -0.39 is 10.0 Å².